The first-order valence-electron chi connectivity index (χ1n) is 6.09. The second-order valence-electron chi connectivity index (χ2n) is 4.52. The van der Waals surface area contributed by atoms with E-state index in [0.29, 0.717) is 5.02 Å². The molecule has 0 aliphatic rings. The zero-order chi connectivity index (χ0) is 13.4. The lowest BCUT2D eigenvalue weighted by Gasteiger charge is -2.11. The molecule has 0 saturated carbocycles. The Morgan fingerprint density at radius 3 is 2.74 bits per heavy atom. The molecule has 2 heterocycles. The Morgan fingerprint density at radius 2 is 2.05 bits per heavy atom. The lowest BCUT2D eigenvalue weighted by molar-refractivity contribution is 0.412. The molecule has 0 aliphatic carbocycles. The van der Waals surface area contributed by atoms with Gasteiger partial charge in [-0.25, -0.2) is 0 Å². The predicted molar refractivity (Wildman–Crippen MR) is 75.6 cm³/mol. The summed E-state index contributed by atoms with van der Waals surface area (Å²) < 4.78 is 11.4. The molecule has 98 valence electrons. The van der Waals surface area contributed by atoms with Crippen LogP contribution < -0.4 is 5.32 Å². The monoisotopic (exact) mass is 275 g/mol. The molecule has 0 saturated heterocycles. The van der Waals surface area contributed by atoms with E-state index in [9.17, 15) is 0 Å². The molecule has 0 radical (unpaired) electrons. The largest absolute Gasteiger partial charge is 0.467 e. The minimum atomic E-state index is -0.0961. The molecule has 19 heavy (non-hydrogen) atoms. The van der Waals surface area contributed by atoms with Crippen LogP contribution in [0.4, 0.5) is 0 Å². The second-order valence-corrected chi connectivity index (χ2v) is 4.96. The van der Waals surface area contributed by atoms with Gasteiger partial charge in [0.1, 0.15) is 23.1 Å². The summed E-state index contributed by atoms with van der Waals surface area (Å²) >= 11 is 5.99. The van der Waals surface area contributed by atoms with E-state index < -0.39 is 0 Å². The van der Waals surface area contributed by atoms with E-state index in [2.05, 4.69) is 5.32 Å². The van der Waals surface area contributed by atoms with Crippen molar-refractivity contribution in [1.82, 2.24) is 5.32 Å². The minimum absolute atomic E-state index is 0.0961. The third-order valence-corrected chi connectivity index (χ3v) is 3.47. The summed E-state index contributed by atoms with van der Waals surface area (Å²) in [5, 5.41) is 4.91. The van der Waals surface area contributed by atoms with Crippen molar-refractivity contribution in [2.75, 3.05) is 7.05 Å². The molecule has 1 unspecified atom stereocenters. The van der Waals surface area contributed by atoms with Gasteiger partial charge in [-0.05, 0) is 49.9 Å². The SMILES string of the molecule is CNC(c1cc2cc(Cl)ccc2o1)c1occc1C. The topological polar surface area (TPSA) is 38.3 Å². The number of aryl methyl sites for hydroxylation is 1. The van der Waals surface area contributed by atoms with Crippen molar-refractivity contribution in [3.8, 4) is 0 Å². The van der Waals surface area contributed by atoms with Gasteiger partial charge in [0.25, 0.3) is 0 Å². The van der Waals surface area contributed by atoms with Crippen molar-refractivity contribution in [2.45, 2.75) is 13.0 Å². The van der Waals surface area contributed by atoms with Crippen LogP contribution in [0.3, 0.4) is 0 Å². The zero-order valence-corrected chi connectivity index (χ0v) is 11.5. The van der Waals surface area contributed by atoms with Gasteiger partial charge in [-0.1, -0.05) is 11.6 Å². The highest BCUT2D eigenvalue weighted by molar-refractivity contribution is 6.31. The first-order valence-corrected chi connectivity index (χ1v) is 6.47. The summed E-state index contributed by atoms with van der Waals surface area (Å²) in [6.45, 7) is 2.02. The predicted octanol–water partition coefficient (Wildman–Crippen LogP) is 4.30. The molecule has 3 rings (SSSR count). The maximum absolute atomic E-state index is 5.99. The number of furan rings is 2. The van der Waals surface area contributed by atoms with Crippen LogP contribution in [-0.4, -0.2) is 7.05 Å². The van der Waals surface area contributed by atoms with E-state index in [1.807, 2.05) is 44.3 Å². The standard InChI is InChI=1S/C15H14ClNO2/c1-9-5-6-18-15(9)14(17-2)13-8-10-7-11(16)3-4-12(10)19-13/h3-8,14,17H,1-2H3. The highest BCUT2D eigenvalue weighted by Crippen LogP contribution is 2.31. The maximum atomic E-state index is 5.99. The third-order valence-electron chi connectivity index (χ3n) is 3.23. The van der Waals surface area contributed by atoms with Gasteiger partial charge in [-0.15, -0.1) is 0 Å². The molecule has 2 aromatic heterocycles. The Morgan fingerprint density at radius 1 is 1.21 bits per heavy atom. The summed E-state index contributed by atoms with van der Waals surface area (Å²) in [5.41, 5.74) is 1.92. The first kappa shape index (κ1) is 12.3. The summed E-state index contributed by atoms with van der Waals surface area (Å²) in [6.07, 6.45) is 1.69. The Hall–Kier alpha value is -1.71. The molecular weight excluding hydrogens is 262 g/mol. The number of fused-ring (bicyclic) bond motifs is 1. The van der Waals surface area contributed by atoms with E-state index in [4.69, 9.17) is 20.4 Å². The summed E-state index contributed by atoms with van der Waals surface area (Å²) in [7, 11) is 1.88. The molecule has 1 atom stereocenters. The van der Waals surface area contributed by atoms with Crippen LogP contribution in [0.5, 0.6) is 0 Å². The Bertz CT molecular complexity index is 714. The fourth-order valence-electron chi connectivity index (χ4n) is 2.26. The van der Waals surface area contributed by atoms with Crippen LogP contribution in [-0.2, 0) is 0 Å². The lowest BCUT2D eigenvalue weighted by atomic mass is 10.1. The summed E-state index contributed by atoms with van der Waals surface area (Å²) in [6, 6.07) is 9.43. The average molecular weight is 276 g/mol. The number of benzene rings is 1. The Kier molecular flexibility index (Phi) is 3.09. The average Bonchev–Trinajstić information content (AvgIpc) is 2.97. The smallest absolute Gasteiger partial charge is 0.134 e. The molecule has 0 spiro atoms. The molecule has 4 heteroatoms. The number of hydrogen-bond donors (Lipinski definition) is 1. The van der Waals surface area contributed by atoms with Gasteiger partial charge in [0.2, 0.25) is 0 Å². The van der Waals surface area contributed by atoms with Crippen molar-refractivity contribution < 1.29 is 8.83 Å². The summed E-state index contributed by atoms with van der Waals surface area (Å²) in [5.74, 6) is 1.69. The van der Waals surface area contributed by atoms with Crippen LogP contribution >= 0.6 is 11.6 Å². The highest BCUT2D eigenvalue weighted by atomic mass is 35.5. The van der Waals surface area contributed by atoms with Crippen LogP contribution in [0.25, 0.3) is 11.0 Å². The normalized spacial score (nSPS) is 13.0. The van der Waals surface area contributed by atoms with Crippen molar-refractivity contribution in [2.24, 2.45) is 0 Å². The Balaban J connectivity index is 2.09. The molecule has 0 aliphatic heterocycles. The Labute approximate surface area is 116 Å². The number of hydrogen-bond acceptors (Lipinski definition) is 3. The number of nitrogens with one attached hydrogen (secondary N) is 1. The van der Waals surface area contributed by atoms with Crippen LogP contribution in [0, 0.1) is 6.92 Å². The van der Waals surface area contributed by atoms with Crippen molar-refractivity contribution in [1.29, 1.82) is 0 Å². The minimum Gasteiger partial charge on any atom is -0.467 e. The van der Waals surface area contributed by atoms with E-state index in [0.717, 1.165) is 28.1 Å². The van der Waals surface area contributed by atoms with E-state index in [1.165, 1.54) is 0 Å². The van der Waals surface area contributed by atoms with E-state index in [-0.39, 0.29) is 6.04 Å². The molecule has 0 bridgehead atoms. The fraction of sp³-hybridized carbons (Fsp3) is 0.200. The molecular formula is C15H14ClNO2. The molecule has 3 aromatic rings. The third kappa shape index (κ3) is 2.15. The lowest BCUT2D eigenvalue weighted by Crippen LogP contribution is -2.17. The number of halogens is 1. The van der Waals surface area contributed by atoms with Gasteiger partial charge in [-0.3, -0.25) is 0 Å². The van der Waals surface area contributed by atoms with Crippen molar-refractivity contribution >= 4 is 22.6 Å². The zero-order valence-electron chi connectivity index (χ0n) is 10.7. The van der Waals surface area contributed by atoms with Crippen LogP contribution in [0.1, 0.15) is 23.1 Å². The molecule has 1 aromatic carbocycles. The summed E-state index contributed by atoms with van der Waals surface area (Å²) in [4.78, 5) is 0. The molecule has 1 N–H and O–H groups in total. The quantitative estimate of drug-likeness (QED) is 0.775. The maximum Gasteiger partial charge on any atom is 0.134 e. The van der Waals surface area contributed by atoms with Gasteiger partial charge in [0.15, 0.2) is 0 Å². The van der Waals surface area contributed by atoms with Gasteiger partial charge in [0, 0.05) is 10.4 Å². The first-order chi connectivity index (χ1) is 9.19. The van der Waals surface area contributed by atoms with Gasteiger partial charge >= 0.3 is 0 Å². The molecule has 3 nitrogen and oxygen atoms in total. The van der Waals surface area contributed by atoms with E-state index in [1.54, 1.807) is 6.26 Å². The van der Waals surface area contributed by atoms with Crippen LogP contribution in [0.15, 0.2) is 45.4 Å². The van der Waals surface area contributed by atoms with Crippen molar-refractivity contribution in [3.63, 3.8) is 0 Å². The van der Waals surface area contributed by atoms with Gasteiger partial charge in [-0.2, -0.15) is 0 Å². The fourth-order valence-corrected chi connectivity index (χ4v) is 2.44. The van der Waals surface area contributed by atoms with Gasteiger partial charge < -0.3 is 14.2 Å². The van der Waals surface area contributed by atoms with Gasteiger partial charge in [0.05, 0.1) is 6.26 Å². The molecule has 0 amide bonds. The number of rotatable bonds is 3. The van der Waals surface area contributed by atoms with Crippen molar-refractivity contribution in [3.05, 3.63) is 58.7 Å². The van der Waals surface area contributed by atoms with E-state index >= 15 is 0 Å². The molecule has 0 fully saturated rings. The highest BCUT2D eigenvalue weighted by Gasteiger charge is 2.21. The second kappa shape index (κ2) is 4.76. The van der Waals surface area contributed by atoms with Crippen LogP contribution in [0.2, 0.25) is 5.02 Å².